The fourth-order valence-corrected chi connectivity index (χ4v) is 4.44. The standard InChI is InChI=1S/C31H34N2O9/c1-21-8-2-3-11-26(21)40-19-5-4-18-39-23-15-13-22(14-16-23)30(36)32-24-9-6-10-25-29(24)41-28(42-31(37)38)20-33(25)17-7-12-27(34)35/h2-3,6,8-11,13-16,28H,4-5,7,12,17-20H2,1H3,(H,32,36)(H,34,35)(H,37,38). The molecule has 3 N–H and O–H groups in total. The molecule has 0 radical (unpaired) electrons. The molecule has 0 aliphatic carbocycles. The van der Waals surface area contributed by atoms with Crippen LogP contribution in [-0.4, -0.2) is 60.8 Å². The average Bonchev–Trinajstić information content (AvgIpc) is 2.96. The van der Waals surface area contributed by atoms with E-state index in [1.807, 2.05) is 31.2 Å². The number of carboxylic acid groups (broad SMARTS) is 2. The molecular weight excluding hydrogens is 544 g/mol. The van der Waals surface area contributed by atoms with Crippen molar-refractivity contribution in [1.82, 2.24) is 0 Å². The van der Waals surface area contributed by atoms with Crippen molar-refractivity contribution in [3.8, 4) is 17.2 Å². The molecule has 1 heterocycles. The molecule has 0 saturated carbocycles. The second-order valence-electron chi connectivity index (χ2n) is 9.68. The lowest BCUT2D eigenvalue weighted by Gasteiger charge is -2.36. The molecule has 11 heteroatoms. The Morgan fingerprint density at radius 2 is 1.67 bits per heavy atom. The average molecular weight is 579 g/mol. The first-order chi connectivity index (χ1) is 20.3. The first-order valence-electron chi connectivity index (χ1n) is 13.7. The van der Waals surface area contributed by atoms with Crippen LogP contribution in [0.1, 0.15) is 41.6 Å². The highest BCUT2D eigenvalue weighted by Gasteiger charge is 2.30. The minimum absolute atomic E-state index is 0.0460. The van der Waals surface area contributed by atoms with E-state index in [0.29, 0.717) is 48.9 Å². The first-order valence-corrected chi connectivity index (χ1v) is 13.7. The van der Waals surface area contributed by atoms with Gasteiger partial charge in [-0.3, -0.25) is 9.59 Å². The number of amides is 1. The van der Waals surface area contributed by atoms with Crippen LogP contribution in [-0.2, 0) is 9.53 Å². The second kappa shape index (κ2) is 14.6. The minimum atomic E-state index is -1.51. The molecular formula is C31H34N2O9. The van der Waals surface area contributed by atoms with E-state index in [2.05, 4.69) is 5.32 Å². The van der Waals surface area contributed by atoms with Crippen molar-refractivity contribution in [2.24, 2.45) is 0 Å². The summed E-state index contributed by atoms with van der Waals surface area (Å²) in [6.07, 6.45) is -0.714. The van der Waals surface area contributed by atoms with Gasteiger partial charge in [0.1, 0.15) is 11.5 Å². The zero-order valence-electron chi connectivity index (χ0n) is 23.3. The zero-order valence-corrected chi connectivity index (χ0v) is 23.3. The number of hydrogen-bond donors (Lipinski definition) is 3. The summed E-state index contributed by atoms with van der Waals surface area (Å²) < 4.78 is 22.2. The molecule has 222 valence electrons. The van der Waals surface area contributed by atoms with Gasteiger partial charge in [0.15, 0.2) is 5.75 Å². The number of nitrogens with zero attached hydrogens (tertiary/aromatic N) is 1. The van der Waals surface area contributed by atoms with Gasteiger partial charge in [-0.1, -0.05) is 24.3 Å². The fourth-order valence-electron chi connectivity index (χ4n) is 4.44. The molecule has 0 saturated heterocycles. The third-order valence-corrected chi connectivity index (χ3v) is 6.53. The number of carboxylic acids is 1. The Bertz CT molecular complexity index is 1380. The Kier molecular flexibility index (Phi) is 10.5. The van der Waals surface area contributed by atoms with Crippen molar-refractivity contribution in [1.29, 1.82) is 0 Å². The van der Waals surface area contributed by atoms with Crippen LogP contribution < -0.4 is 24.4 Å². The van der Waals surface area contributed by atoms with E-state index >= 15 is 0 Å². The van der Waals surface area contributed by atoms with E-state index in [-0.39, 0.29) is 18.7 Å². The summed E-state index contributed by atoms with van der Waals surface area (Å²) in [4.78, 5) is 37.0. The molecule has 1 amide bonds. The summed E-state index contributed by atoms with van der Waals surface area (Å²) >= 11 is 0. The number of hydrogen-bond acceptors (Lipinski definition) is 8. The molecule has 0 spiro atoms. The van der Waals surface area contributed by atoms with Crippen LogP contribution in [0.2, 0.25) is 0 Å². The number of aryl methyl sites for hydroxylation is 1. The maximum absolute atomic E-state index is 13.0. The zero-order chi connectivity index (χ0) is 29.9. The summed E-state index contributed by atoms with van der Waals surface area (Å²) in [6, 6.07) is 19.7. The Labute approximate surface area is 243 Å². The summed E-state index contributed by atoms with van der Waals surface area (Å²) in [5.41, 5.74) is 2.41. The monoisotopic (exact) mass is 578 g/mol. The van der Waals surface area contributed by atoms with Crippen molar-refractivity contribution >= 4 is 29.4 Å². The Balaban J connectivity index is 1.32. The fraction of sp³-hybridized carbons (Fsp3) is 0.323. The Hall–Kier alpha value is -4.93. The molecule has 1 aliphatic heterocycles. The number of carbonyl (C=O) groups is 3. The van der Waals surface area contributed by atoms with Gasteiger partial charge in [-0.25, -0.2) is 4.79 Å². The summed E-state index contributed by atoms with van der Waals surface area (Å²) in [6.45, 7) is 3.54. The van der Waals surface area contributed by atoms with Crippen molar-refractivity contribution in [2.75, 3.05) is 36.5 Å². The van der Waals surface area contributed by atoms with Gasteiger partial charge in [-0.2, -0.15) is 0 Å². The van der Waals surface area contributed by atoms with E-state index in [0.717, 1.165) is 24.2 Å². The maximum Gasteiger partial charge on any atom is 0.508 e. The highest BCUT2D eigenvalue weighted by atomic mass is 16.8. The van der Waals surface area contributed by atoms with Gasteiger partial charge < -0.3 is 39.4 Å². The quantitative estimate of drug-likeness (QED) is 0.164. The van der Waals surface area contributed by atoms with Crippen LogP contribution in [0.5, 0.6) is 17.2 Å². The van der Waals surface area contributed by atoms with Crippen LogP contribution in [0, 0.1) is 6.92 Å². The molecule has 11 nitrogen and oxygen atoms in total. The number of rotatable bonds is 14. The van der Waals surface area contributed by atoms with Gasteiger partial charge in [0.25, 0.3) is 12.2 Å². The van der Waals surface area contributed by atoms with Crippen LogP contribution in [0.3, 0.4) is 0 Å². The second-order valence-corrected chi connectivity index (χ2v) is 9.68. The predicted octanol–water partition coefficient (Wildman–Crippen LogP) is 5.57. The molecule has 1 unspecified atom stereocenters. The number of benzene rings is 3. The summed E-state index contributed by atoms with van der Waals surface area (Å²) in [5.74, 6) is 0.437. The Morgan fingerprint density at radius 1 is 0.929 bits per heavy atom. The van der Waals surface area contributed by atoms with Crippen molar-refractivity contribution in [3.63, 3.8) is 0 Å². The lowest BCUT2D eigenvalue weighted by atomic mass is 10.1. The molecule has 3 aromatic carbocycles. The number of fused-ring (bicyclic) bond motifs is 1. The SMILES string of the molecule is Cc1ccccc1OCCCCOc1ccc(C(=O)Nc2cccc3c2OC(OC(=O)O)CN3CCCC(=O)O)cc1. The van der Waals surface area contributed by atoms with Gasteiger partial charge in [0, 0.05) is 18.5 Å². The van der Waals surface area contributed by atoms with Crippen LogP contribution >= 0.6 is 0 Å². The van der Waals surface area contributed by atoms with E-state index in [1.165, 1.54) is 0 Å². The molecule has 1 atom stereocenters. The van der Waals surface area contributed by atoms with Crippen LogP contribution in [0.15, 0.2) is 66.7 Å². The van der Waals surface area contributed by atoms with Gasteiger partial charge >= 0.3 is 12.1 Å². The molecule has 4 rings (SSSR count). The molecule has 0 fully saturated rings. The van der Waals surface area contributed by atoms with Gasteiger partial charge in [0.05, 0.1) is 31.1 Å². The van der Waals surface area contributed by atoms with Gasteiger partial charge in [-0.15, -0.1) is 0 Å². The van der Waals surface area contributed by atoms with Crippen LogP contribution in [0.4, 0.5) is 16.2 Å². The topological polar surface area (TPSA) is 144 Å². The smallest absolute Gasteiger partial charge is 0.494 e. The van der Waals surface area contributed by atoms with Crippen molar-refractivity contribution in [3.05, 3.63) is 77.9 Å². The number of para-hydroxylation sites is 2. The lowest BCUT2D eigenvalue weighted by molar-refractivity contribution is -0.137. The van der Waals surface area contributed by atoms with Crippen molar-refractivity contribution < 1.29 is 43.5 Å². The molecule has 3 aromatic rings. The largest absolute Gasteiger partial charge is 0.508 e. The molecule has 0 bridgehead atoms. The number of nitrogens with one attached hydrogen (secondary N) is 1. The van der Waals surface area contributed by atoms with Gasteiger partial charge in [-0.05, 0) is 74.2 Å². The normalized spacial score (nSPS) is 13.8. The maximum atomic E-state index is 13.0. The Morgan fingerprint density at radius 3 is 2.38 bits per heavy atom. The number of carbonyl (C=O) groups excluding carboxylic acids is 1. The third kappa shape index (κ3) is 8.53. The lowest BCUT2D eigenvalue weighted by Crippen LogP contribution is -2.43. The number of aliphatic carboxylic acids is 1. The number of unbranched alkanes of at least 4 members (excludes halogenated alkanes) is 1. The molecule has 0 aromatic heterocycles. The van der Waals surface area contributed by atoms with Gasteiger partial charge in [0.2, 0.25) is 0 Å². The minimum Gasteiger partial charge on any atom is -0.494 e. The first kappa shape index (κ1) is 30.0. The van der Waals surface area contributed by atoms with E-state index in [4.69, 9.17) is 29.2 Å². The number of anilines is 2. The highest BCUT2D eigenvalue weighted by Crippen LogP contribution is 2.40. The highest BCUT2D eigenvalue weighted by molar-refractivity contribution is 6.05. The molecule has 42 heavy (non-hydrogen) atoms. The molecule has 1 aliphatic rings. The predicted molar refractivity (Wildman–Crippen MR) is 155 cm³/mol. The number of ether oxygens (including phenoxy) is 4. The van der Waals surface area contributed by atoms with Crippen LogP contribution in [0.25, 0.3) is 0 Å². The summed E-state index contributed by atoms with van der Waals surface area (Å²) in [7, 11) is 0. The van der Waals surface area contributed by atoms with E-state index < -0.39 is 24.3 Å². The van der Waals surface area contributed by atoms with Crippen molar-refractivity contribution in [2.45, 2.75) is 38.9 Å². The summed E-state index contributed by atoms with van der Waals surface area (Å²) in [5, 5.41) is 20.9. The van der Waals surface area contributed by atoms with E-state index in [9.17, 15) is 14.4 Å². The third-order valence-electron chi connectivity index (χ3n) is 6.53. The van der Waals surface area contributed by atoms with E-state index in [1.54, 1.807) is 47.4 Å².